The highest BCUT2D eigenvalue weighted by molar-refractivity contribution is 8.00. The lowest BCUT2D eigenvalue weighted by atomic mass is 10.2. The Bertz CT molecular complexity index is 450. The van der Waals surface area contributed by atoms with Crippen molar-refractivity contribution in [2.75, 3.05) is 18.9 Å². The molecule has 1 aromatic rings. The molecule has 1 heterocycles. The molecule has 1 N–H and O–H groups in total. The minimum Gasteiger partial charge on any atom is -0.376 e. The van der Waals surface area contributed by atoms with Crippen molar-refractivity contribution in [3.8, 4) is 0 Å². The summed E-state index contributed by atoms with van der Waals surface area (Å²) in [6, 6.07) is 3.20. The van der Waals surface area contributed by atoms with Crippen LogP contribution < -0.4 is 5.32 Å². The molecule has 19 heavy (non-hydrogen) atoms. The van der Waals surface area contributed by atoms with Gasteiger partial charge in [-0.2, -0.15) is 0 Å². The van der Waals surface area contributed by atoms with Gasteiger partial charge in [-0.1, -0.05) is 0 Å². The molecule has 104 valence electrons. The van der Waals surface area contributed by atoms with E-state index in [1.165, 1.54) is 0 Å². The van der Waals surface area contributed by atoms with Gasteiger partial charge in [-0.3, -0.25) is 4.79 Å². The molecule has 0 aliphatic carbocycles. The van der Waals surface area contributed by atoms with Gasteiger partial charge in [-0.05, 0) is 31.0 Å². The van der Waals surface area contributed by atoms with Crippen molar-refractivity contribution in [1.82, 2.24) is 5.32 Å². The van der Waals surface area contributed by atoms with E-state index in [1.54, 1.807) is 0 Å². The van der Waals surface area contributed by atoms with Crippen molar-refractivity contribution in [2.45, 2.75) is 23.8 Å². The van der Waals surface area contributed by atoms with E-state index in [9.17, 15) is 13.6 Å². The van der Waals surface area contributed by atoms with E-state index in [-0.39, 0.29) is 22.7 Å². The van der Waals surface area contributed by atoms with Gasteiger partial charge in [0.25, 0.3) is 0 Å². The van der Waals surface area contributed by atoms with E-state index in [2.05, 4.69) is 5.32 Å². The second-order valence-electron chi connectivity index (χ2n) is 4.30. The number of benzene rings is 1. The maximum absolute atomic E-state index is 13.3. The van der Waals surface area contributed by atoms with Gasteiger partial charge in [0.15, 0.2) is 0 Å². The van der Waals surface area contributed by atoms with Gasteiger partial charge in [-0.25, -0.2) is 8.78 Å². The van der Waals surface area contributed by atoms with Crippen molar-refractivity contribution >= 4 is 17.7 Å². The Hall–Kier alpha value is -1.14. The van der Waals surface area contributed by atoms with E-state index in [4.69, 9.17) is 4.74 Å². The molecule has 0 unspecified atom stereocenters. The number of carbonyl (C=O) groups excluding carboxylic acids is 1. The van der Waals surface area contributed by atoms with Crippen LogP contribution >= 0.6 is 11.8 Å². The van der Waals surface area contributed by atoms with Crippen molar-refractivity contribution in [2.24, 2.45) is 0 Å². The zero-order valence-electron chi connectivity index (χ0n) is 10.3. The summed E-state index contributed by atoms with van der Waals surface area (Å²) >= 11 is 0.984. The quantitative estimate of drug-likeness (QED) is 0.845. The summed E-state index contributed by atoms with van der Waals surface area (Å²) in [5, 5.41) is 2.73. The zero-order valence-corrected chi connectivity index (χ0v) is 11.1. The summed E-state index contributed by atoms with van der Waals surface area (Å²) in [6.45, 7) is 1.22. The van der Waals surface area contributed by atoms with Crippen LogP contribution in [0.4, 0.5) is 8.78 Å². The average molecular weight is 287 g/mol. The van der Waals surface area contributed by atoms with Crippen molar-refractivity contribution in [3.05, 3.63) is 29.8 Å². The van der Waals surface area contributed by atoms with Crippen molar-refractivity contribution in [3.63, 3.8) is 0 Å². The van der Waals surface area contributed by atoms with Crippen LogP contribution in [0.25, 0.3) is 0 Å². The maximum Gasteiger partial charge on any atom is 0.230 e. The molecule has 3 nitrogen and oxygen atoms in total. The number of rotatable bonds is 5. The van der Waals surface area contributed by atoms with E-state index in [0.717, 1.165) is 49.4 Å². The molecule has 0 spiro atoms. The Balaban J connectivity index is 1.74. The fourth-order valence-corrected chi connectivity index (χ4v) is 2.61. The fraction of sp³-hybridized carbons (Fsp3) is 0.462. The molecule has 6 heteroatoms. The molecule has 1 aliphatic rings. The number of amides is 1. The zero-order chi connectivity index (χ0) is 13.7. The SMILES string of the molecule is O=C(CSc1cc(F)ccc1F)NC[C@@H]1CCCO1. The lowest BCUT2D eigenvalue weighted by molar-refractivity contribution is -0.119. The van der Waals surface area contributed by atoms with Crippen LogP contribution in [0.3, 0.4) is 0 Å². The lowest BCUT2D eigenvalue weighted by Gasteiger charge is -2.10. The summed E-state index contributed by atoms with van der Waals surface area (Å²) in [5.41, 5.74) is 0. The van der Waals surface area contributed by atoms with Gasteiger partial charge < -0.3 is 10.1 Å². The van der Waals surface area contributed by atoms with Crippen LogP contribution in [-0.2, 0) is 9.53 Å². The molecule has 1 saturated heterocycles. The van der Waals surface area contributed by atoms with E-state index in [0.29, 0.717) is 6.54 Å². The number of hydrogen-bond donors (Lipinski definition) is 1. The number of thioether (sulfide) groups is 1. The van der Waals surface area contributed by atoms with Gasteiger partial charge in [0.1, 0.15) is 11.6 Å². The summed E-state index contributed by atoms with van der Waals surface area (Å²) in [4.78, 5) is 11.7. The van der Waals surface area contributed by atoms with Gasteiger partial charge in [0.05, 0.1) is 11.9 Å². The molecule has 1 fully saturated rings. The third-order valence-corrected chi connectivity index (χ3v) is 3.83. The highest BCUT2D eigenvalue weighted by Gasteiger charge is 2.16. The Morgan fingerprint density at radius 3 is 3.05 bits per heavy atom. The normalized spacial score (nSPS) is 18.5. The number of carbonyl (C=O) groups is 1. The molecule has 1 aliphatic heterocycles. The number of nitrogens with one attached hydrogen (secondary N) is 1. The first kappa shape index (κ1) is 14.3. The largest absolute Gasteiger partial charge is 0.376 e. The van der Waals surface area contributed by atoms with Crippen molar-refractivity contribution in [1.29, 1.82) is 0 Å². The second-order valence-corrected chi connectivity index (χ2v) is 5.32. The first-order chi connectivity index (χ1) is 9.15. The molecule has 0 aromatic heterocycles. The molecule has 1 atom stereocenters. The second kappa shape index (κ2) is 6.86. The predicted octanol–water partition coefficient (Wildman–Crippen LogP) is 2.35. The number of ether oxygens (including phenoxy) is 1. The monoisotopic (exact) mass is 287 g/mol. The van der Waals surface area contributed by atoms with Crippen LogP contribution in [0.2, 0.25) is 0 Å². The van der Waals surface area contributed by atoms with Crippen LogP contribution in [-0.4, -0.2) is 30.9 Å². The van der Waals surface area contributed by atoms with Gasteiger partial charge in [0.2, 0.25) is 5.91 Å². The molecular weight excluding hydrogens is 272 g/mol. The summed E-state index contributed by atoms with van der Waals surface area (Å²) in [6.07, 6.45) is 2.05. The van der Waals surface area contributed by atoms with Gasteiger partial charge in [0, 0.05) is 18.0 Å². The standard InChI is InChI=1S/C13H15F2NO2S/c14-9-3-4-11(15)12(6-9)19-8-13(17)16-7-10-2-1-5-18-10/h3-4,6,10H,1-2,5,7-8H2,(H,16,17)/t10-/m0/s1. The van der Waals surface area contributed by atoms with Crippen LogP contribution in [0.15, 0.2) is 23.1 Å². The summed E-state index contributed by atoms with van der Waals surface area (Å²) in [5.74, 6) is -1.17. The summed E-state index contributed by atoms with van der Waals surface area (Å²) < 4.78 is 31.6. The molecule has 0 saturated carbocycles. The van der Waals surface area contributed by atoms with Crippen molar-refractivity contribution < 1.29 is 18.3 Å². The smallest absolute Gasteiger partial charge is 0.230 e. The Morgan fingerprint density at radius 2 is 2.32 bits per heavy atom. The maximum atomic E-state index is 13.3. The number of hydrogen-bond acceptors (Lipinski definition) is 3. The number of halogens is 2. The molecule has 0 bridgehead atoms. The van der Waals surface area contributed by atoms with Gasteiger partial charge >= 0.3 is 0 Å². The summed E-state index contributed by atoms with van der Waals surface area (Å²) in [7, 11) is 0. The molecule has 2 rings (SSSR count). The molecule has 0 radical (unpaired) electrons. The first-order valence-electron chi connectivity index (χ1n) is 6.11. The predicted molar refractivity (Wildman–Crippen MR) is 69.1 cm³/mol. The third kappa shape index (κ3) is 4.47. The Labute approximate surface area is 114 Å². The van der Waals surface area contributed by atoms with Crippen LogP contribution in [0.5, 0.6) is 0 Å². The minimum absolute atomic E-state index is 0.0626. The first-order valence-corrected chi connectivity index (χ1v) is 7.10. The average Bonchev–Trinajstić information content (AvgIpc) is 2.90. The minimum atomic E-state index is -0.515. The topological polar surface area (TPSA) is 38.3 Å². The fourth-order valence-electron chi connectivity index (χ4n) is 1.82. The van der Waals surface area contributed by atoms with E-state index < -0.39 is 11.6 Å². The van der Waals surface area contributed by atoms with Crippen LogP contribution in [0.1, 0.15) is 12.8 Å². The van der Waals surface area contributed by atoms with E-state index >= 15 is 0 Å². The highest BCUT2D eigenvalue weighted by Crippen LogP contribution is 2.22. The Morgan fingerprint density at radius 1 is 1.47 bits per heavy atom. The van der Waals surface area contributed by atoms with Gasteiger partial charge in [-0.15, -0.1) is 11.8 Å². The van der Waals surface area contributed by atoms with E-state index in [1.807, 2.05) is 0 Å². The lowest BCUT2D eigenvalue weighted by Crippen LogP contribution is -2.32. The van der Waals surface area contributed by atoms with Crippen LogP contribution in [0, 0.1) is 11.6 Å². The highest BCUT2D eigenvalue weighted by atomic mass is 32.2. The Kier molecular flexibility index (Phi) is 5.15. The molecule has 1 aromatic carbocycles. The molecule has 1 amide bonds. The third-order valence-electron chi connectivity index (χ3n) is 2.80. The molecular formula is C13H15F2NO2S.